The average molecular weight is 468 g/mol. The fourth-order valence-electron chi connectivity index (χ4n) is 5.66. The molecule has 2 saturated carbocycles. The molecule has 1 saturated heterocycles. The van der Waals surface area contributed by atoms with Crippen molar-refractivity contribution in [1.29, 1.82) is 0 Å². The van der Waals surface area contributed by atoms with E-state index in [-0.39, 0.29) is 24.2 Å². The number of hydrogen-bond acceptors (Lipinski definition) is 7. The number of fused-ring (bicyclic) bond motifs is 2. The summed E-state index contributed by atoms with van der Waals surface area (Å²) in [5.74, 6) is 0.959. The molecule has 34 heavy (non-hydrogen) atoms. The molecule has 1 spiro atoms. The zero-order chi connectivity index (χ0) is 23.3. The number of benzene rings is 1. The number of nitrogens with one attached hydrogen (secondary N) is 1. The number of anilines is 4. The average Bonchev–Trinajstić information content (AvgIpc) is 3.65. The van der Waals surface area contributed by atoms with Crippen LogP contribution in [-0.4, -0.2) is 53.3 Å². The molecular formula is C25H30FN5O3. The molecule has 2 aromatic rings. The Kier molecular flexibility index (Phi) is 5.41. The maximum absolute atomic E-state index is 15.3. The van der Waals surface area contributed by atoms with Crippen LogP contribution in [-0.2, 0) is 21.6 Å². The van der Waals surface area contributed by atoms with Crippen molar-refractivity contribution in [2.45, 2.75) is 63.0 Å². The topological polar surface area (TPSA) is 90.8 Å². The van der Waals surface area contributed by atoms with Crippen molar-refractivity contribution in [2.75, 3.05) is 41.4 Å². The summed E-state index contributed by atoms with van der Waals surface area (Å²) in [5, 5.41) is 13.3. The molecule has 0 unspecified atom stereocenters. The normalized spacial score (nSPS) is 21.8. The van der Waals surface area contributed by atoms with Crippen LogP contribution in [0.4, 0.5) is 27.4 Å². The number of amides is 1. The van der Waals surface area contributed by atoms with Gasteiger partial charge in [-0.2, -0.15) is 0 Å². The zero-order valence-electron chi connectivity index (χ0n) is 19.2. The Morgan fingerprint density at radius 1 is 1.15 bits per heavy atom. The quantitative estimate of drug-likeness (QED) is 0.697. The van der Waals surface area contributed by atoms with Gasteiger partial charge in [0.05, 0.1) is 35.6 Å². The largest absolute Gasteiger partial charge is 0.388 e. The molecule has 0 radical (unpaired) electrons. The number of nitrogens with zero attached hydrogens (tertiary/aromatic N) is 4. The smallest absolute Gasteiger partial charge is 0.243 e. The Morgan fingerprint density at radius 2 is 1.91 bits per heavy atom. The second-order valence-electron chi connectivity index (χ2n) is 9.78. The maximum atomic E-state index is 15.3. The molecule has 6 rings (SSSR count). The van der Waals surface area contributed by atoms with Crippen molar-refractivity contribution in [3.05, 3.63) is 35.4 Å². The van der Waals surface area contributed by atoms with E-state index in [9.17, 15) is 9.90 Å². The third-order valence-electron chi connectivity index (χ3n) is 7.55. The zero-order valence-corrected chi connectivity index (χ0v) is 19.2. The van der Waals surface area contributed by atoms with E-state index in [2.05, 4.69) is 15.3 Å². The van der Waals surface area contributed by atoms with Gasteiger partial charge in [-0.15, -0.1) is 0 Å². The fraction of sp³-hybridized carbons (Fsp3) is 0.560. The number of morpholine rings is 1. The Balaban J connectivity index is 1.46. The molecule has 2 N–H and O–H groups in total. The summed E-state index contributed by atoms with van der Waals surface area (Å²) in [6, 6.07) is 5.31. The van der Waals surface area contributed by atoms with Gasteiger partial charge in [-0.1, -0.05) is 19.3 Å². The van der Waals surface area contributed by atoms with Crippen LogP contribution < -0.4 is 15.1 Å². The molecule has 1 aromatic heterocycles. The third kappa shape index (κ3) is 3.53. The van der Waals surface area contributed by atoms with Gasteiger partial charge < -0.3 is 20.1 Å². The van der Waals surface area contributed by atoms with E-state index in [1.54, 1.807) is 17.0 Å². The Bertz CT molecular complexity index is 1110. The van der Waals surface area contributed by atoms with Gasteiger partial charge in [-0.05, 0) is 37.8 Å². The maximum Gasteiger partial charge on any atom is 0.243 e. The molecule has 1 amide bonds. The minimum Gasteiger partial charge on any atom is -0.388 e. The molecule has 1 aromatic carbocycles. The number of ether oxygens (including phenoxy) is 1. The summed E-state index contributed by atoms with van der Waals surface area (Å²) >= 11 is 0. The van der Waals surface area contributed by atoms with E-state index >= 15 is 4.39 Å². The number of aliphatic hydroxyl groups excluding tert-OH is 1. The van der Waals surface area contributed by atoms with Gasteiger partial charge in [0.2, 0.25) is 5.91 Å². The first-order chi connectivity index (χ1) is 16.6. The van der Waals surface area contributed by atoms with E-state index in [0.29, 0.717) is 55.4 Å². The first-order valence-electron chi connectivity index (χ1n) is 12.4. The number of aromatic nitrogens is 2. The molecule has 0 atom stereocenters. The van der Waals surface area contributed by atoms with Gasteiger partial charge >= 0.3 is 0 Å². The lowest BCUT2D eigenvalue weighted by atomic mass is 9.70. The first kappa shape index (κ1) is 21.7. The highest BCUT2D eigenvalue weighted by Gasteiger charge is 2.55. The van der Waals surface area contributed by atoms with Crippen molar-refractivity contribution >= 4 is 28.9 Å². The Morgan fingerprint density at radius 3 is 2.59 bits per heavy atom. The van der Waals surface area contributed by atoms with Crippen molar-refractivity contribution < 1.29 is 19.0 Å². The van der Waals surface area contributed by atoms with Crippen LogP contribution in [0, 0.1) is 5.82 Å². The van der Waals surface area contributed by atoms with Crippen molar-refractivity contribution in [3.8, 4) is 0 Å². The van der Waals surface area contributed by atoms with E-state index in [1.165, 1.54) is 6.07 Å². The molecule has 2 aliphatic heterocycles. The van der Waals surface area contributed by atoms with Crippen LogP contribution in [0.3, 0.4) is 0 Å². The number of carbonyl (C=O) groups is 1. The van der Waals surface area contributed by atoms with Gasteiger partial charge in [0.1, 0.15) is 24.1 Å². The van der Waals surface area contributed by atoms with Crippen LogP contribution in [0.25, 0.3) is 0 Å². The summed E-state index contributed by atoms with van der Waals surface area (Å²) in [6.45, 7) is 2.08. The third-order valence-corrected chi connectivity index (χ3v) is 7.55. The number of rotatable bonds is 5. The number of carbonyl (C=O) groups excluding carboxylic acids is 1. The molecule has 180 valence electrons. The summed E-state index contributed by atoms with van der Waals surface area (Å²) in [5.41, 5.74) is 1.08. The summed E-state index contributed by atoms with van der Waals surface area (Å²) < 4.78 is 20.7. The molecule has 3 fully saturated rings. The van der Waals surface area contributed by atoms with Crippen molar-refractivity contribution in [2.24, 2.45) is 0 Å². The summed E-state index contributed by atoms with van der Waals surface area (Å²) in [6.07, 6.45) is 6.57. The Hall–Kier alpha value is -2.78. The summed E-state index contributed by atoms with van der Waals surface area (Å²) in [7, 11) is 0. The predicted molar refractivity (Wildman–Crippen MR) is 126 cm³/mol. The molecule has 9 heteroatoms. The van der Waals surface area contributed by atoms with Gasteiger partial charge in [0, 0.05) is 25.2 Å². The minimum absolute atomic E-state index is 0.0658. The highest BCUT2D eigenvalue weighted by molar-refractivity contribution is 6.13. The standard InChI is InChI=1S/C25H30FN5O3/c26-18-14-17(6-7-19(18)30-10-12-34-13-11-30)31-23-21(25(24(31)33)8-2-1-3-9-25)22(27-16-4-5-16)28-20(15-32)29-23/h6-7,14,16,32H,1-5,8-13,15H2,(H,27,28,29). The highest BCUT2D eigenvalue weighted by atomic mass is 19.1. The lowest BCUT2D eigenvalue weighted by molar-refractivity contribution is -0.123. The van der Waals surface area contributed by atoms with E-state index < -0.39 is 5.41 Å². The first-order valence-corrected chi connectivity index (χ1v) is 12.4. The Labute approximate surface area is 198 Å². The molecule has 8 nitrogen and oxygen atoms in total. The van der Waals surface area contributed by atoms with Crippen LogP contribution in [0.5, 0.6) is 0 Å². The number of hydrogen-bond donors (Lipinski definition) is 2. The lowest BCUT2D eigenvalue weighted by Crippen LogP contribution is -2.40. The SMILES string of the molecule is O=C1N(c2ccc(N3CCOCC3)c(F)c2)c2nc(CO)nc(NC3CC3)c2C12CCCCC2. The fourth-order valence-corrected chi connectivity index (χ4v) is 5.66. The van der Waals surface area contributed by atoms with Crippen molar-refractivity contribution in [1.82, 2.24) is 9.97 Å². The molecule has 0 bridgehead atoms. The van der Waals surface area contributed by atoms with Crippen LogP contribution >= 0.6 is 0 Å². The van der Waals surface area contributed by atoms with E-state index in [0.717, 1.165) is 50.5 Å². The summed E-state index contributed by atoms with van der Waals surface area (Å²) in [4.78, 5) is 26.9. The predicted octanol–water partition coefficient (Wildman–Crippen LogP) is 3.40. The van der Waals surface area contributed by atoms with Gasteiger partial charge in [0.25, 0.3) is 0 Å². The van der Waals surface area contributed by atoms with E-state index in [4.69, 9.17) is 4.74 Å². The van der Waals surface area contributed by atoms with Crippen LogP contribution in [0.15, 0.2) is 18.2 Å². The number of aliphatic hydroxyl groups is 1. The number of halogens is 1. The molecule has 4 aliphatic rings. The minimum atomic E-state index is -0.710. The second-order valence-corrected chi connectivity index (χ2v) is 9.78. The molecule has 2 aliphatic carbocycles. The second kappa shape index (κ2) is 8.46. The van der Waals surface area contributed by atoms with Crippen molar-refractivity contribution in [3.63, 3.8) is 0 Å². The van der Waals surface area contributed by atoms with Crippen LogP contribution in [0.2, 0.25) is 0 Å². The molecular weight excluding hydrogens is 437 g/mol. The van der Waals surface area contributed by atoms with Gasteiger partial charge in [-0.25, -0.2) is 14.4 Å². The highest BCUT2D eigenvalue weighted by Crippen LogP contribution is 2.54. The monoisotopic (exact) mass is 467 g/mol. The lowest BCUT2D eigenvalue weighted by Gasteiger charge is -2.33. The molecule has 3 heterocycles. The van der Waals surface area contributed by atoms with Gasteiger partial charge in [0.15, 0.2) is 5.82 Å². The van der Waals surface area contributed by atoms with Crippen LogP contribution in [0.1, 0.15) is 56.3 Å². The van der Waals surface area contributed by atoms with Gasteiger partial charge in [-0.3, -0.25) is 9.69 Å². The van der Waals surface area contributed by atoms with E-state index in [1.807, 2.05) is 4.90 Å².